The highest BCUT2D eigenvalue weighted by molar-refractivity contribution is 5.83. The Kier molecular flexibility index (Phi) is 5.73. The van der Waals surface area contributed by atoms with E-state index in [1.165, 1.54) is 5.56 Å². The van der Waals surface area contributed by atoms with Gasteiger partial charge in [0.2, 0.25) is 0 Å². The van der Waals surface area contributed by atoms with Gasteiger partial charge >= 0.3 is 5.97 Å². The van der Waals surface area contributed by atoms with Gasteiger partial charge in [0.1, 0.15) is 12.3 Å². The summed E-state index contributed by atoms with van der Waals surface area (Å²) in [5, 5.41) is 1.06. The van der Waals surface area contributed by atoms with Crippen molar-refractivity contribution in [2.75, 3.05) is 13.2 Å². The van der Waals surface area contributed by atoms with Gasteiger partial charge in [-0.3, -0.25) is 4.79 Å². The zero-order valence-corrected chi connectivity index (χ0v) is 14.5. The Labute approximate surface area is 148 Å². The van der Waals surface area contributed by atoms with Crippen LogP contribution in [0.2, 0.25) is 0 Å². The van der Waals surface area contributed by atoms with Crippen LogP contribution in [-0.4, -0.2) is 23.8 Å². The number of carbonyl (C=O) groups excluding carboxylic acids is 1. The number of hydrogen-bond acceptors (Lipinski definition) is 3. The topological polar surface area (TPSA) is 40.5 Å². The van der Waals surface area contributed by atoms with Crippen LogP contribution in [0.1, 0.15) is 18.9 Å². The Morgan fingerprint density at radius 3 is 2.72 bits per heavy atom. The van der Waals surface area contributed by atoms with Crippen molar-refractivity contribution in [3.05, 3.63) is 66.4 Å². The van der Waals surface area contributed by atoms with E-state index in [0.29, 0.717) is 13.2 Å². The number of benzene rings is 2. The number of aryl methyl sites for hydroxylation is 1. The molecular formula is C21H23NO3. The Morgan fingerprint density at radius 1 is 1.08 bits per heavy atom. The lowest BCUT2D eigenvalue weighted by atomic mass is 10.1. The summed E-state index contributed by atoms with van der Waals surface area (Å²) in [4.78, 5) is 12.1. The summed E-state index contributed by atoms with van der Waals surface area (Å²) < 4.78 is 12.8. The first-order chi connectivity index (χ1) is 12.3. The van der Waals surface area contributed by atoms with E-state index < -0.39 is 0 Å². The maximum absolute atomic E-state index is 12.1. The molecule has 25 heavy (non-hydrogen) atoms. The molecule has 0 aliphatic carbocycles. The molecule has 1 aromatic heterocycles. The Morgan fingerprint density at radius 2 is 1.92 bits per heavy atom. The van der Waals surface area contributed by atoms with E-state index >= 15 is 0 Å². The summed E-state index contributed by atoms with van der Waals surface area (Å²) in [7, 11) is 0. The van der Waals surface area contributed by atoms with E-state index in [0.717, 1.165) is 29.5 Å². The molecule has 3 rings (SSSR count). The van der Waals surface area contributed by atoms with Gasteiger partial charge in [-0.05, 0) is 49.6 Å². The number of hydrogen-bond donors (Lipinski definition) is 0. The normalized spacial score (nSPS) is 10.8. The third-order valence-electron chi connectivity index (χ3n) is 4.07. The van der Waals surface area contributed by atoms with E-state index in [1.54, 1.807) is 0 Å². The summed E-state index contributed by atoms with van der Waals surface area (Å²) in [5.41, 5.74) is 2.27. The zero-order chi connectivity index (χ0) is 17.5. The van der Waals surface area contributed by atoms with Gasteiger partial charge in [-0.25, -0.2) is 0 Å². The molecular weight excluding hydrogens is 314 g/mol. The number of rotatable bonds is 8. The molecule has 0 amide bonds. The van der Waals surface area contributed by atoms with Crippen molar-refractivity contribution in [1.29, 1.82) is 0 Å². The van der Waals surface area contributed by atoms with Crippen LogP contribution >= 0.6 is 0 Å². The first kappa shape index (κ1) is 17.1. The number of fused-ring (bicyclic) bond motifs is 1. The smallest absolute Gasteiger partial charge is 0.325 e. The Bertz CT molecular complexity index is 824. The molecule has 0 saturated heterocycles. The predicted octanol–water partition coefficient (Wildman–Crippen LogP) is 4.22. The fourth-order valence-electron chi connectivity index (χ4n) is 2.86. The van der Waals surface area contributed by atoms with Gasteiger partial charge < -0.3 is 14.0 Å². The molecule has 0 fully saturated rings. The summed E-state index contributed by atoms with van der Waals surface area (Å²) in [6.45, 7) is 3.27. The van der Waals surface area contributed by atoms with Gasteiger partial charge in [0.25, 0.3) is 0 Å². The average molecular weight is 337 g/mol. The number of esters is 1. The molecule has 2 aromatic carbocycles. The minimum absolute atomic E-state index is 0.209. The third kappa shape index (κ3) is 4.63. The van der Waals surface area contributed by atoms with Crippen molar-refractivity contribution in [1.82, 2.24) is 4.57 Å². The minimum atomic E-state index is -0.209. The molecule has 1 heterocycles. The van der Waals surface area contributed by atoms with Crippen molar-refractivity contribution in [2.24, 2.45) is 0 Å². The molecule has 0 aliphatic heterocycles. The highest BCUT2D eigenvalue weighted by atomic mass is 16.5. The highest BCUT2D eigenvalue weighted by Crippen LogP contribution is 2.22. The minimum Gasteiger partial charge on any atom is -0.494 e. The highest BCUT2D eigenvalue weighted by Gasteiger charge is 2.08. The number of ether oxygens (including phenoxy) is 2. The standard InChI is InChI=1S/C21H23NO3/c1-2-24-19-10-11-20-18(15-19)12-13-22(20)16-21(23)25-14-6-9-17-7-4-3-5-8-17/h3-5,7-8,10-13,15H,2,6,9,14,16H2,1H3. The largest absolute Gasteiger partial charge is 0.494 e. The third-order valence-corrected chi connectivity index (χ3v) is 4.07. The molecule has 0 spiro atoms. The van der Waals surface area contributed by atoms with Crippen molar-refractivity contribution in [3.63, 3.8) is 0 Å². The average Bonchev–Trinajstić information content (AvgIpc) is 3.02. The molecule has 4 heteroatoms. The lowest BCUT2D eigenvalue weighted by Gasteiger charge is -2.08. The second-order valence-electron chi connectivity index (χ2n) is 5.91. The number of nitrogens with zero attached hydrogens (tertiary/aromatic N) is 1. The predicted molar refractivity (Wildman–Crippen MR) is 98.8 cm³/mol. The second kappa shape index (κ2) is 8.38. The molecule has 0 radical (unpaired) electrons. The molecule has 0 bridgehead atoms. The maximum atomic E-state index is 12.1. The molecule has 130 valence electrons. The van der Waals surface area contributed by atoms with Gasteiger partial charge in [0.05, 0.1) is 13.2 Å². The Hall–Kier alpha value is -2.75. The molecule has 0 atom stereocenters. The second-order valence-corrected chi connectivity index (χ2v) is 5.91. The molecule has 0 unspecified atom stereocenters. The van der Waals surface area contributed by atoms with E-state index in [2.05, 4.69) is 12.1 Å². The van der Waals surface area contributed by atoms with Crippen LogP contribution in [0, 0.1) is 0 Å². The van der Waals surface area contributed by atoms with Gasteiger partial charge in [0.15, 0.2) is 0 Å². The fourth-order valence-corrected chi connectivity index (χ4v) is 2.86. The molecule has 0 saturated carbocycles. The molecule has 0 aliphatic rings. The lowest BCUT2D eigenvalue weighted by Crippen LogP contribution is -2.13. The van der Waals surface area contributed by atoms with Crippen LogP contribution in [0.3, 0.4) is 0 Å². The molecule has 4 nitrogen and oxygen atoms in total. The van der Waals surface area contributed by atoms with Crippen molar-refractivity contribution in [2.45, 2.75) is 26.3 Å². The van der Waals surface area contributed by atoms with E-state index in [1.807, 2.05) is 60.2 Å². The van der Waals surface area contributed by atoms with Gasteiger partial charge in [-0.15, -0.1) is 0 Å². The summed E-state index contributed by atoms with van der Waals surface area (Å²) in [6.07, 6.45) is 3.66. The van der Waals surface area contributed by atoms with E-state index in [4.69, 9.17) is 9.47 Å². The maximum Gasteiger partial charge on any atom is 0.325 e. The summed E-state index contributed by atoms with van der Waals surface area (Å²) in [5.74, 6) is 0.635. The zero-order valence-electron chi connectivity index (χ0n) is 14.5. The van der Waals surface area contributed by atoms with Gasteiger partial charge in [-0.2, -0.15) is 0 Å². The fraction of sp³-hybridized carbons (Fsp3) is 0.286. The first-order valence-electron chi connectivity index (χ1n) is 8.67. The van der Waals surface area contributed by atoms with Crippen LogP contribution in [0.4, 0.5) is 0 Å². The monoisotopic (exact) mass is 337 g/mol. The van der Waals surface area contributed by atoms with Crippen LogP contribution in [0.5, 0.6) is 5.75 Å². The quantitative estimate of drug-likeness (QED) is 0.456. The van der Waals surface area contributed by atoms with Crippen molar-refractivity contribution in [3.8, 4) is 5.75 Å². The summed E-state index contributed by atoms with van der Waals surface area (Å²) >= 11 is 0. The van der Waals surface area contributed by atoms with Gasteiger partial charge in [-0.1, -0.05) is 30.3 Å². The van der Waals surface area contributed by atoms with Crippen LogP contribution < -0.4 is 4.74 Å². The van der Waals surface area contributed by atoms with Crippen molar-refractivity contribution < 1.29 is 14.3 Å². The van der Waals surface area contributed by atoms with Crippen LogP contribution in [0.15, 0.2) is 60.8 Å². The van der Waals surface area contributed by atoms with E-state index in [-0.39, 0.29) is 12.5 Å². The molecule has 0 N–H and O–H groups in total. The van der Waals surface area contributed by atoms with E-state index in [9.17, 15) is 4.79 Å². The summed E-state index contributed by atoms with van der Waals surface area (Å²) in [6, 6.07) is 18.1. The SMILES string of the molecule is CCOc1ccc2c(ccn2CC(=O)OCCCc2ccccc2)c1. The first-order valence-corrected chi connectivity index (χ1v) is 8.67. The van der Waals surface area contributed by atoms with Gasteiger partial charge in [0, 0.05) is 17.1 Å². The van der Waals surface area contributed by atoms with Crippen LogP contribution in [0.25, 0.3) is 10.9 Å². The molecule has 3 aromatic rings. The Balaban J connectivity index is 1.50. The lowest BCUT2D eigenvalue weighted by molar-refractivity contribution is -0.144. The van der Waals surface area contributed by atoms with Crippen LogP contribution in [-0.2, 0) is 22.5 Å². The number of aromatic nitrogens is 1. The van der Waals surface area contributed by atoms with Crippen molar-refractivity contribution >= 4 is 16.9 Å². The number of carbonyl (C=O) groups is 1.